The molecule has 1 saturated heterocycles. The van der Waals surface area contributed by atoms with Crippen LogP contribution in [0.2, 0.25) is 0 Å². The summed E-state index contributed by atoms with van der Waals surface area (Å²) in [6.07, 6.45) is 3.25. The number of aromatic nitrogens is 1. The van der Waals surface area contributed by atoms with E-state index in [1.165, 1.54) is 0 Å². The predicted molar refractivity (Wildman–Crippen MR) is 70.6 cm³/mol. The number of methoxy groups -OCH3 is 2. The van der Waals surface area contributed by atoms with Crippen LogP contribution in [0.15, 0.2) is 18.3 Å². The van der Waals surface area contributed by atoms with Crippen LogP contribution in [0.25, 0.3) is 0 Å². The molecule has 0 radical (unpaired) electrons. The first kappa shape index (κ1) is 14.2. The van der Waals surface area contributed by atoms with Crippen molar-refractivity contribution in [3.8, 4) is 5.75 Å². The molecule has 0 spiro atoms. The highest BCUT2D eigenvalue weighted by Gasteiger charge is 2.43. The standard InChI is InChI=1S/C13H21N3O3/c1-17-10-4-3-7-15-11(10)12(16-14)13(18-2)5-8-19-9-6-13/h3-4,7,12,16H,5-6,8-9,14H2,1-2H3. The monoisotopic (exact) mass is 267 g/mol. The Hall–Kier alpha value is -1.21. The maximum Gasteiger partial charge on any atom is 0.142 e. The Morgan fingerprint density at radius 3 is 2.74 bits per heavy atom. The van der Waals surface area contributed by atoms with Gasteiger partial charge in [0.15, 0.2) is 0 Å². The summed E-state index contributed by atoms with van der Waals surface area (Å²) in [5.74, 6) is 6.46. The number of hydrogen-bond donors (Lipinski definition) is 2. The average molecular weight is 267 g/mol. The number of hydrogen-bond acceptors (Lipinski definition) is 6. The van der Waals surface area contributed by atoms with Crippen LogP contribution < -0.4 is 16.0 Å². The molecule has 0 amide bonds. The minimum absolute atomic E-state index is 0.238. The van der Waals surface area contributed by atoms with Gasteiger partial charge >= 0.3 is 0 Å². The summed E-state index contributed by atoms with van der Waals surface area (Å²) in [5, 5.41) is 0. The minimum Gasteiger partial charge on any atom is -0.495 e. The molecule has 1 aromatic heterocycles. The Labute approximate surface area is 113 Å². The Morgan fingerprint density at radius 2 is 2.16 bits per heavy atom. The smallest absolute Gasteiger partial charge is 0.142 e. The van der Waals surface area contributed by atoms with Crippen LogP contribution in [0.4, 0.5) is 0 Å². The summed E-state index contributed by atoms with van der Waals surface area (Å²) in [7, 11) is 3.32. The second-order valence-corrected chi connectivity index (χ2v) is 4.57. The number of pyridine rings is 1. The Morgan fingerprint density at radius 1 is 1.42 bits per heavy atom. The molecule has 1 atom stereocenters. The molecular formula is C13H21N3O3. The molecule has 0 saturated carbocycles. The molecule has 1 fully saturated rings. The summed E-state index contributed by atoms with van der Waals surface area (Å²) < 4.78 is 16.5. The Balaban J connectivity index is 2.36. The van der Waals surface area contributed by atoms with Crippen LogP contribution in [0.5, 0.6) is 5.75 Å². The van der Waals surface area contributed by atoms with E-state index in [1.807, 2.05) is 12.1 Å². The lowest BCUT2D eigenvalue weighted by atomic mass is 9.84. The van der Waals surface area contributed by atoms with E-state index in [0.29, 0.717) is 19.0 Å². The first-order valence-electron chi connectivity index (χ1n) is 6.35. The summed E-state index contributed by atoms with van der Waals surface area (Å²) in [4.78, 5) is 4.40. The molecule has 2 rings (SSSR count). The van der Waals surface area contributed by atoms with E-state index < -0.39 is 5.60 Å². The predicted octanol–water partition coefficient (Wildman–Crippen LogP) is 0.790. The second-order valence-electron chi connectivity index (χ2n) is 4.57. The van der Waals surface area contributed by atoms with Crippen molar-refractivity contribution < 1.29 is 14.2 Å². The SMILES string of the molecule is COc1cccnc1C(NN)C1(OC)CCOCC1. The van der Waals surface area contributed by atoms with Gasteiger partial charge < -0.3 is 14.2 Å². The van der Waals surface area contributed by atoms with Gasteiger partial charge in [-0.05, 0) is 12.1 Å². The highest BCUT2D eigenvalue weighted by atomic mass is 16.5. The molecule has 1 aromatic rings. The molecule has 19 heavy (non-hydrogen) atoms. The van der Waals surface area contributed by atoms with Crippen LogP contribution in [-0.4, -0.2) is 38.0 Å². The quantitative estimate of drug-likeness (QED) is 0.606. The molecule has 0 aromatic carbocycles. The van der Waals surface area contributed by atoms with Gasteiger partial charge in [-0.15, -0.1) is 0 Å². The molecule has 0 aliphatic carbocycles. The van der Waals surface area contributed by atoms with E-state index >= 15 is 0 Å². The normalized spacial score (nSPS) is 19.9. The molecule has 6 nitrogen and oxygen atoms in total. The second kappa shape index (κ2) is 6.29. The number of nitrogens with zero attached hydrogens (tertiary/aromatic N) is 1. The number of nitrogens with two attached hydrogens (primary N) is 1. The molecule has 106 valence electrons. The zero-order valence-corrected chi connectivity index (χ0v) is 11.4. The molecular weight excluding hydrogens is 246 g/mol. The first-order valence-corrected chi connectivity index (χ1v) is 6.35. The highest BCUT2D eigenvalue weighted by molar-refractivity contribution is 5.31. The third-order valence-electron chi connectivity index (χ3n) is 3.73. The van der Waals surface area contributed by atoms with E-state index in [0.717, 1.165) is 18.5 Å². The number of hydrazine groups is 1. The van der Waals surface area contributed by atoms with Gasteiger partial charge in [-0.2, -0.15) is 0 Å². The summed E-state index contributed by atoms with van der Waals surface area (Å²) in [6.45, 7) is 1.31. The van der Waals surface area contributed by atoms with Crippen LogP contribution in [0, 0.1) is 0 Å². The number of rotatable bonds is 5. The van der Waals surface area contributed by atoms with Crippen molar-refractivity contribution in [2.45, 2.75) is 24.5 Å². The number of ether oxygens (including phenoxy) is 3. The van der Waals surface area contributed by atoms with Crippen molar-refractivity contribution in [2.24, 2.45) is 5.84 Å². The van der Waals surface area contributed by atoms with Crippen molar-refractivity contribution >= 4 is 0 Å². The van der Waals surface area contributed by atoms with Gasteiger partial charge in [0, 0.05) is 39.4 Å². The van der Waals surface area contributed by atoms with Gasteiger partial charge in [0.25, 0.3) is 0 Å². The average Bonchev–Trinajstić information content (AvgIpc) is 2.49. The van der Waals surface area contributed by atoms with Crippen molar-refractivity contribution in [2.75, 3.05) is 27.4 Å². The fourth-order valence-electron chi connectivity index (χ4n) is 2.60. The van der Waals surface area contributed by atoms with Gasteiger partial charge in [0.05, 0.1) is 18.8 Å². The fourth-order valence-corrected chi connectivity index (χ4v) is 2.60. The molecule has 0 bridgehead atoms. The number of nitrogens with one attached hydrogen (secondary N) is 1. The fraction of sp³-hybridized carbons (Fsp3) is 0.615. The van der Waals surface area contributed by atoms with Gasteiger partial charge in [-0.25, -0.2) is 5.43 Å². The van der Waals surface area contributed by atoms with Crippen LogP contribution in [0.3, 0.4) is 0 Å². The zero-order chi connectivity index (χ0) is 13.7. The summed E-state index contributed by atoms with van der Waals surface area (Å²) in [6, 6.07) is 3.46. The van der Waals surface area contributed by atoms with E-state index in [4.69, 9.17) is 20.1 Å². The summed E-state index contributed by atoms with van der Waals surface area (Å²) >= 11 is 0. The highest BCUT2D eigenvalue weighted by Crippen LogP contribution is 2.38. The van der Waals surface area contributed by atoms with E-state index in [9.17, 15) is 0 Å². The molecule has 6 heteroatoms. The largest absolute Gasteiger partial charge is 0.495 e. The van der Waals surface area contributed by atoms with Gasteiger partial charge in [0.2, 0.25) is 0 Å². The van der Waals surface area contributed by atoms with E-state index in [2.05, 4.69) is 10.4 Å². The van der Waals surface area contributed by atoms with E-state index in [-0.39, 0.29) is 6.04 Å². The Bertz CT molecular complexity index is 408. The maximum atomic E-state index is 5.77. The first-order chi connectivity index (χ1) is 9.27. The van der Waals surface area contributed by atoms with Gasteiger partial charge in [-0.3, -0.25) is 10.8 Å². The maximum absolute atomic E-state index is 5.77. The van der Waals surface area contributed by atoms with Crippen molar-refractivity contribution in [1.29, 1.82) is 0 Å². The Kier molecular flexibility index (Phi) is 4.71. The topological polar surface area (TPSA) is 78.6 Å². The van der Waals surface area contributed by atoms with Crippen LogP contribution >= 0.6 is 0 Å². The van der Waals surface area contributed by atoms with E-state index in [1.54, 1.807) is 20.4 Å². The lowest BCUT2D eigenvalue weighted by molar-refractivity contribution is -0.112. The minimum atomic E-state index is -0.422. The lowest BCUT2D eigenvalue weighted by Gasteiger charge is -2.41. The molecule has 1 unspecified atom stereocenters. The van der Waals surface area contributed by atoms with Crippen molar-refractivity contribution in [3.05, 3.63) is 24.0 Å². The third-order valence-corrected chi connectivity index (χ3v) is 3.73. The summed E-state index contributed by atoms with van der Waals surface area (Å²) in [5.41, 5.74) is 3.17. The molecule has 1 aliphatic heterocycles. The molecule has 3 N–H and O–H groups in total. The lowest BCUT2D eigenvalue weighted by Crippen LogP contribution is -2.51. The van der Waals surface area contributed by atoms with Crippen molar-refractivity contribution in [3.63, 3.8) is 0 Å². The van der Waals surface area contributed by atoms with Crippen molar-refractivity contribution in [1.82, 2.24) is 10.4 Å². The third kappa shape index (κ3) is 2.71. The molecule has 2 heterocycles. The van der Waals surface area contributed by atoms with Crippen LogP contribution in [-0.2, 0) is 9.47 Å². The van der Waals surface area contributed by atoms with Gasteiger partial charge in [0.1, 0.15) is 11.4 Å². The van der Waals surface area contributed by atoms with Gasteiger partial charge in [-0.1, -0.05) is 0 Å². The molecule has 1 aliphatic rings. The zero-order valence-electron chi connectivity index (χ0n) is 11.4. The van der Waals surface area contributed by atoms with Crippen LogP contribution in [0.1, 0.15) is 24.6 Å².